The third-order valence-corrected chi connectivity index (χ3v) is 6.29. The third-order valence-electron chi connectivity index (χ3n) is 6.01. The summed E-state index contributed by atoms with van der Waals surface area (Å²) in [6.07, 6.45) is 4.64. The van der Waals surface area contributed by atoms with E-state index in [0.29, 0.717) is 23.9 Å². The minimum Gasteiger partial charge on any atom is -0.342 e. The van der Waals surface area contributed by atoms with Gasteiger partial charge in [-0.15, -0.1) is 0 Å². The Kier molecular flexibility index (Phi) is 6.60. The molecule has 3 aromatic rings. The summed E-state index contributed by atoms with van der Waals surface area (Å²) in [4.78, 5) is 29.4. The molecule has 1 aromatic heterocycles. The summed E-state index contributed by atoms with van der Waals surface area (Å²) in [6.45, 7) is 7.69. The lowest BCUT2D eigenvalue weighted by molar-refractivity contribution is -0.131. The fourth-order valence-corrected chi connectivity index (χ4v) is 4.61. The van der Waals surface area contributed by atoms with E-state index in [1.807, 2.05) is 78.1 Å². The van der Waals surface area contributed by atoms with E-state index in [4.69, 9.17) is 12.2 Å². The van der Waals surface area contributed by atoms with Crippen LogP contribution < -0.4 is 10.2 Å². The number of hydrogen-bond acceptors (Lipinski definition) is 3. The average Bonchev–Trinajstić information content (AvgIpc) is 3.31. The standard InChI is InChI=1S/C26H28N4O2S/c1-4-18-11-10-14-21-19(16-29(24(18)21)17-23(31)28(5-2)6-3)15-22-25(32)30(26(33)27-22)20-12-8-7-9-13-20/h7-16H,4-6,17H2,1-3H3,(H,27,33)/b22-15-. The molecule has 0 radical (unpaired) electrons. The number of rotatable bonds is 7. The van der Waals surface area contributed by atoms with Crippen LogP contribution in [0.15, 0.2) is 60.4 Å². The van der Waals surface area contributed by atoms with E-state index >= 15 is 0 Å². The maximum absolute atomic E-state index is 13.2. The summed E-state index contributed by atoms with van der Waals surface area (Å²) in [5.74, 6) is -0.119. The van der Waals surface area contributed by atoms with E-state index in [0.717, 1.165) is 34.1 Å². The molecule has 0 spiro atoms. The number of carbonyl (C=O) groups excluding carboxylic acids is 2. The van der Waals surface area contributed by atoms with Gasteiger partial charge in [0.2, 0.25) is 5.91 Å². The number of para-hydroxylation sites is 2. The van der Waals surface area contributed by atoms with E-state index in [1.165, 1.54) is 4.90 Å². The smallest absolute Gasteiger partial charge is 0.281 e. The molecule has 0 saturated carbocycles. The second-order valence-corrected chi connectivity index (χ2v) is 8.30. The molecule has 1 fully saturated rings. The van der Waals surface area contributed by atoms with Gasteiger partial charge in [-0.3, -0.25) is 14.5 Å². The van der Waals surface area contributed by atoms with Crippen LogP contribution in [-0.4, -0.2) is 39.5 Å². The quantitative estimate of drug-likeness (QED) is 0.421. The van der Waals surface area contributed by atoms with E-state index in [9.17, 15) is 9.59 Å². The Morgan fingerprint density at radius 1 is 1.06 bits per heavy atom. The second-order valence-electron chi connectivity index (χ2n) is 7.91. The number of hydrogen-bond donors (Lipinski definition) is 1. The zero-order valence-corrected chi connectivity index (χ0v) is 20.0. The highest BCUT2D eigenvalue weighted by atomic mass is 32.1. The predicted octanol–water partition coefficient (Wildman–Crippen LogP) is 4.33. The Bertz CT molecular complexity index is 1240. The fourth-order valence-electron chi connectivity index (χ4n) is 4.31. The third kappa shape index (κ3) is 4.28. The zero-order valence-electron chi connectivity index (χ0n) is 19.2. The Hall–Kier alpha value is -3.45. The molecule has 0 atom stereocenters. The first kappa shape index (κ1) is 22.7. The summed E-state index contributed by atoms with van der Waals surface area (Å²) in [7, 11) is 0. The average molecular weight is 461 g/mol. The van der Waals surface area contributed by atoms with Crippen molar-refractivity contribution in [2.45, 2.75) is 33.7 Å². The number of aryl methyl sites for hydroxylation is 1. The molecule has 2 aromatic carbocycles. The summed E-state index contributed by atoms with van der Waals surface area (Å²) in [6, 6.07) is 15.5. The van der Waals surface area contributed by atoms with Gasteiger partial charge < -0.3 is 14.8 Å². The number of amides is 2. The minimum atomic E-state index is -0.196. The molecular weight excluding hydrogens is 432 g/mol. The van der Waals surface area contributed by atoms with Crippen LogP contribution in [0.25, 0.3) is 17.0 Å². The number of aromatic nitrogens is 1. The lowest BCUT2D eigenvalue weighted by Gasteiger charge is -2.19. The van der Waals surface area contributed by atoms with Gasteiger partial charge in [-0.05, 0) is 56.3 Å². The first-order valence-corrected chi connectivity index (χ1v) is 11.7. The van der Waals surface area contributed by atoms with Gasteiger partial charge in [0.1, 0.15) is 12.2 Å². The molecule has 1 aliphatic rings. The normalized spacial score (nSPS) is 14.9. The molecule has 0 bridgehead atoms. The van der Waals surface area contributed by atoms with Crippen molar-refractivity contribution in [2.24, 2.45) is 0 Å². The number of nitrogens with one attached hydrogen (secondary N) is 1. The van der Waals surface area contributed by atoms with Gasteiger partial charge in [-0.2, -0.15) is 0 Å². The first-order chi connectivity index (χ1) is 16.0. The van der Waals surface area contributed by atoms with Crippen molar-refractivity contribution in [3.8, 4) is 0 Å². The molecule has 33 heavy (non-hydrogen) atoms. The number of benzene rings is 2. The van der Waals surface area contributed by atoms with Crippen molar-refractivity contribution < 1.29 is 9.59 Å². The molecule has 6 nitrogen and oxygen atoms in total. The van der Waals surface area contributed by atoms with Gasteiger partial charge in [0.05, 0.1) is 11.2 Å². The maximum atomic E-state index is 13.2. The molecular formula is C26H28N4O2S. The number of carbonyl (C=O) groups is 2. The summed E-state index contributed by atoms with van der Waals surface area (Å²) >= 11 is 5.44. The lowest BCUT2D eigenvalue weighted by Crippen LogP contribution is -2.33. The molecule has 4 rings (SSSR count). The molecule has 2 amide bonds. The largest absolute Gasteiger partial charge is 0.342 e. The first-order valence-electron chi connectivity index (χ1n) is 11.3. The topological polar surface area (TPSA) is 57.6 Å². The van der Waals surface area contributed by atoms with Gasteiger partial charge in [-0.1, -0.05) is 43.3 Å². The highest BCUT2D eigenvalue weighted by molar-refractivity contribution is 7.80. The fraction of sp³-hybridized carbons (Fsp3) is 0.269. The Labute approximate surface area is 199 Å². The SMILES string of the molecule is CCc1cccc2c(/C=C3\NC(=S)N(c4ccccc4)C3=O)cn(CC(=O)N(CC)CC)c12. The highest BCUT2D eigenvalue weighted by Gasteiger charge is 2.32. The Morgan fingerprint density at radius 2 is 1.79 bits per heavy atom. The van der Waals surface area contributed by atoms with Gasteiger partial charge >= 0.3 is 0 Å². The number of likely N-dealkylation sites (N-methyl/N-ethyl adjacent to an activating group) is 1. The van der Waals surface area contributed by atoms with Crippen LogP contribution >= 0.6 is 12.2 Å². The highest BCUT2D eigenvalue weighted by Crippen LogP contribution is 2.29. The molecule has 0 unspecified atom stereocenters. The van der Waals surface area contributed by atoms with Crippen molar-refractivity contribution in [3.63, 3.8) is 0 Å². The Balaban J connectivity index is 1.76. The molecule has 1 aliphatic heterocycles. The van der Waals surface area contributed by atoms with E-state index in [1.54, 1.807) is 0 Å². The monoisotopic (exact) mass is 460 g/mol. The van der Waals surface area contributed by atoms with Crippen LogP contribution in [0.2, 0.25) is 0 Å². The van der Waals surface area contributed by atoms with Crippen molar-refractivity contribution in [1.82, 2.24) is 14.8 Å². The van der Waals surface area contributed by atoms with Gasteiger partial charge in [-0.25, -0.2) is 0 Å². The van der Waals surface area contributed by atoms with Crippen LogP contribution in [-0.2, 0) is 22.6 Å². The van der Waals surface area contributed by atoms with E-state index < -0.39 is 0 Å². The number of thiocarbonyl (C=S) groups is 1. The zero-order chi connectivity index (χ0) is 23.5. The Morgan fingerprint density at radius 3 is 2.45 bits per heavy atom. The molecule has 7 heteroatoms. The second kappa shape index (κ2) is 9.58. The number of nitrogens with zero attached hydrogens (tertiary/aromatic N) is 3. The molecule has 0 aliphatic carbocycles. The van der Waals surface area contributed by atoms with Gasteiger partial charge in [0.15, 0.2) is 5.11 Å². The number of anilines is 1. The molecule has 1 N–H and O–H groups in total. The van der Waals surface area contributed by atoms with Crippen molar-refractivity contribution in [2.75, 3.05) is 18.0 Å². The van der Waals surface area contributed by atoms with Crippen LogP contribution in [0.4, 0.5) is 5.69 Å². The van der Waals surface area contributed by atoms with Gasteiger partial charge in [0, 0.05) is 30.2 Å². The van der Waals surface area contributed by atoms with Gasteiger partial charge in [0.25, 0.3) is 5.91 Å². The van der Waals surface area contributed by atoms with E-state index in [-0.39, 0.29) is 18.4 Å². The minimum absolute atomic E-state index is 0.0773. The van der Waals surface area contributed by atoms with Crippen LogP contribution in [0.5, 0.6) is 0 Å². The predicted molar refractivity (Wildman–Crippen MR) is 137 cm³/mol. The summed E-state index contributed by atoms with van der Waals surface area (Å²) < 4.78 is 2.01. The van der Waals surface area contributed by atoms with Crippen LogP contribution in [0, 0.1) is 0 Å². The van der Waals surface area contributed by atoms with Crippen LogP contribution in [0.3, 0.4) is 0 Å². The number of fused-ring (bicyclic) bond motifs is 1. The summed E-state index contributed by atoms with van der Waals surface area (Å²) in [5.41, 5.74) is 4.21. The van der Waals surface area contributed by atoms with Crippen LogP contribution in [0.1, 0.15) is 31.9 Å². The lowest BCUT2D eigenvalue weighted by atomic mass is 10.1. The van der Waals surface area contributed by atoms with Crippen molar-refractivity contribution >= 4 is 51.8 Å². The molecule has 170 valence electrons. The van der Waals surface area contributed by atoms with Crippen molar-refractivity contribution in [3.05, 3.63) is 71.6 Å². The molecule has 1 saturated heterocycles. The summed E-state index contributed by atoms with van der Waals surface area (Å²) in [5, 5.41) is 4.43. The van der Waals surface area contributed by atoms with Crippen molar-refractivity contribution in [1.29, 1.82) is 0 Å². The maximum Gasteiger partial charge on any atom is 0.281 e. The molecule has 2 heterocycles. The van der Waals surface area contributed by atoms with E-state index in [2.05, 4.69) is 18.3 Å².